The molecule has 0 spiro atoms. The Morgan fingerprint density at radius 1 is 1.21 bits per heavy atom. The van der Waals surface area contributed by atoms with Crippen molar-refractivity contribution >= 4 is 40.3 Å². The number of carbonyl (C=O) groups excluding carboxylic acids is 2. The van der Waals surface area contributed by atoms with E-state index in [-0.39, 0.29) is 18.2 Å². The van der Waals surface area contributed by atoms with Crippen LogP contribution in [-0.2, 0) is 0 Å². The van der Waals surface area contributed by atoms with Crippen LogP contribution in [0.1, 0.15) is 29.0 Å². The number of aromatic amines is 1. The van der Waals surface area contributed by atoms with Crippen LogP contribution in [0.4, 0.5) is 30.9 Å². The number of pyridine rings is 2. The minimum Gasteiger partial charge on any atom is -0.366 e. The molecule has 3 aromatic heterocycles. The summed E-state index contributed by atoms with van der Waals surface area (Å²) in [6.45, 7) is 3.25. The lowest BCUT2D eigenvalue weighted by molar-refractivity contribution is 0.0845. The van der Waals surface area contributed by atoms with E-state index in [1.165, 1.54) is 11.0 Å². The van der Waals surface area contributed by atoms with Crippen molar-refractivity contribution in [2.45, 2.75) is 37.8 Å². The molecular formula is C21H20F2N8O2. The van der Waals surface area contributed by atoms with E-state index < -0.39 is 23.9 Å². The summed E-state index contributed by atoms with van der Waals surface area (Å²) in [7, 11) is 0. The number of amides is 3. The molecule has 5 heterocycles. The van der Waals surface area contributed by atoms with E-state index in [0.29, 0.717) is 29.2 Å². The molecule has 2 fully saturated rings. The van der Waals surface area contributed by atoms with Gasteiger partial charge in [0.25, 0.3) is 11.8 Å². The third-order valence-electron chi connectivity index (χ3n) is 6.32. The van der Waals surface area contributed by atoms with Gasteiger partial charge in [-0.25, -0.2) is 23.5 Å². The molecule has 2 atom stereocenters. The molecule has 3 N–H and O–H groups in total. The fraction of sp³-hybridized carbons (Fsp3) is 0.381. The van der Waals surface area contributed by atoms with Gasteiger partial charge in [0.2, 0.25) is 0 Å². The Morgan fingerprint density at radius 2 is 2.03 bits per heavy atom. The Bertz CT molecular complexity index is 1310. The van der Waals surface area contributed by atoms with E-state index in [1.54, 1.807) is 6.07 Å². The molecule has 2 bridgehead atoms. The largest absolute Gasteiger partial charge is 0.366 e. The molecule has 1 unspecified atom stereocenters. The Labute approximate surface area is 186 Å². The maximum absolute atomic E-state index is 13.4. The first-order valence-corrected chi connectivity index (χ1v) is 10.7. The molecule has 33 heavy (non-hydrogen) atoms. The summed E-state index contributed by atoms with van der Waals surface area (Å²) in [5, 5.41) is 12.8. The van der Waals surface area contributed by atoms with Crippen LogP contribution in [0.3, 0.4) is 0 Å². The topological polar surface area (TPSA) is 119 Å². The summed E-state index contributed by atoms with van der Waals surface area (Å²) in [6.07, 6.45) is 0.363. The standard InChI is InChI=1S/C21H20F2N8O2/c1-10-2-3-12-16(24-10)28-29-17(12)27-20(33)31-11-6-7-30(9-11)14-5-4-13(25-18(14)31)19(32)26-15-8-21(15,22)23/h2-5,11,15H,6-9H2,1H3,(H,26,32)(H2,24,27,28,29,33)/t11-,15?/m0/s1. The minimum atomic E-state index is -2.87. The molecule has 1 saturated heterocycles. The van der Waals surface area contributed by atoms with Gasteiger partial charge in [-0.15, -0.1) is 0 Å². The van der Waals surface area contributed by atoms with Crippen LogP contribution in [0.25, 0.3) is 11.0 Å². The molecule has 2 aliphatic heterocycles. The number of anilines is 3. The lowest BCUT2D eigenvalue weighted by atomic mass is 10.1. The normalized spacial score (nSPS) is 22.3. The van der Waals surface area contributed by atoms with Crippen LogP contribution < -0.4 is 20.4 Å². The first-order chi connectivity index (χ1) is 15.8. The lowest BCUT2D eigenvalue weighted by Crippen LogP contribution is -2.48. The van der Waals surface area contributed by atoms with Crippen molar-refractivity contribution in [1.29, 1.82) is 0 Å². The van der Waals surface area contributed by atoms with Crippen molar-refractivity contribution < 1.29 is 18.4 Å². The predicted molar refractivity (Wildman–Crippen MR) is 116 cm³/mol. The number of nitrogens with zero attached hydrogens (tertiary/aromatic N) is 5. The molecule has 3 aliphatic rings. The van der Waals surface area contributed by atoms with Crippen molar-refractivity contribution in [3.05, 3.63) is 35.7 Å². The number of alkyl halides is 2. The average Bonchev–Trinajstić information content (AvgIpc) is 3.09. The number of halogens is 2. The number of carbonyl (C=O) groups is 2. The van der Waals surface area contributed by atoms with E-state index >= 15 is 0 Å². The molecule has 10 nitrogen and oxygen atoms in total. The fourth-order valence-electron chi connectivity index (χ4n) is 4.46. The van der Waals surface area contributed by atoms with Gasteiger partial charge < -0.3 is 10.2 Å². The van der Waals surface area contributed by atoms with Crippen LogP contribution in [0.2, 0.25) is 0 Å². The molecule has 0 radical (unpaired) electrons. The molecule has 1 saturated carbocycles. The second kappa shape index (κ2) is 6.83. The first-order valence-electron chi connectivity index (χ1n) is 10.7. The smallest absolute Gasteiger partial charge is 0.329 e. The number of nitrogens with one attached hydrogen (secondary N) is 3. The van der Waals surface area contributed by atoms with Crippen LogP contribution in [0, 0.1) is 6.92 Å². The summed E-state index contributed by atoms with van der Waals surface area (Å²) in [4.78, 5) is 38.3. The summed E-state index contributed by atoms with van der Waals surface area (Å²) >= 11 is 0. The highest BCUT2D eigenvalue weighted by Gasteiger charge is 2.58. The van der Waals surface area contributed by atoms with Crippen molar-refractivity contribution in [2.75, 3.05) is 28.2 Å². The van der Waals surface area contributed by atoms with Gasteiger partial charge >= 0.3 is 6.03 Å². The maximum Gasteiger partial charge on any atom is 0.329 e. The van der Waals surface area contributed by atoms with Crippen molar-refractivity contribution in [3.63, 3.8) is 0 Å². The van der Waals surface area contributed by atoms with Crippen LogP contribution in [-0.4, -0.2) is 63.2 Å². The minimum absolute atomic E-state index is 0.0124. The lowest BCUT2D eigenvalue weighted by Gasteiger charge is -2.35. The van der Waals surface area contributed by atoms with Gasteiger partial charge in [0.15, 0.2) is 17.3 Å². The molecular weight excluding hydrogens is 434 g/mol. The number of H-pyrrole nitrogens is 1. The van der Waals surface area contributed by atoms with E-state index in [0.717, 1.165) is 24.3 Å². The monoisotopic (exact) mass is 454 g/mol. The Morgan fingerprint density at radius 3 is 2.82 bits per heavy atom. The van der Waals surface area contributed by atoms with Crippen molar-refractivity contribution in [2.24, 2.45) is 0 Å². The van der Waals surface area contributed by atoms with Crippen LogP contribution in [0.15, 0.2) is 24.3 Å². The number of hydrogen-bond acceptors (Lipinski definition) is 6. The van der Waals surface area contributed by atoms with Crippen molar-refractivity contribution in [3.8, 4) is 0 Å². The summed E-state index contributed by atoms with van der Waals surface area (Å²) in [5.74, 6) is -2.90. The summed E-state index contributed by atoms with van der Waals surface area (Å²) in [5.41, 5.74) is 2.09. The quantitative estimate of drug-likeness (QED) is 0.559. The second-order valence-corrected chi connectivity index (χ2v) is 8.64. The van der Waals surface area contributed by atoms with Gasteiger partial charge in [0, 0.05) is 25.2 Å². The molecule has 6 rings (SSSR count). The van der Waals surface area contributed by atoms with Gasteiger partial charge in [-0.1, -0.05) is 0 Å². The molecule has 12 heteroatoms. The fourth-order valence-corrected chi connectivity index (χ4v) is 4.46. The Hall–Kier alpha value is -3.83. The number of aryl methyl sites for hydroxylation is 1. The van der Waals surface area contributed by atoms with E-state index in [4.69, 9.17) is 0 Å². The van der Waals surface area contributed by atoms with E-state index in [2.05, 4.69) is 35.7 Å². The number of urea groups is 1. The maximum atomic E-state index is 13.4. The first kappa shape index (κ1) is 19.8. The third-order valence-corrected chi connectivity index (χ3v) is 6.32. The molecule has 3 aromatic rings. The zero-order valence-corrected chi connectivity index (χ0v) is 17.6. The average molecular weight is 454 g/mol. The predicted octanol–water partition coefficient (Wildman–Crippen LogP) is 2.43. The molecule has 1 aliphatic carbocycles. The van der Waals surface area contributed by atoms with Gasteiger partial charge in [-0.3, -0.25) is 20.1 Å². The van der Waals surface area contributed by atoms with Crippen LogP contribution >= 0.6 is 0 Å². The highest BCUT2D eigenvalue weighted by Crippen LogP contribution is 2.42. The number of rotatable bonds is 3. The highest BCUT2D eigenvalue weighted by molar-refractivity contribution is 6.08. The van der Waals surface area contributed by atoms with Gasteiger partial charge in [-0.2, -0.15) is 5.10 Å². The van der Waals surface area contributed by atoms with Gasteiger partial charge in [-0.05, 0) is 37.6 Å². The van der Waals surface area contributed by atoms with E-state index in [9.17, 15) is 18.4 Å². The highest BCUT2D eigenvalue weighted by atomic mass is 19.3. The second-order valence-electron chi connectivity index (χ2n) is 8.64. The third kappa shape index (κ3) is 3.24. The zero-order valence-electron chi connectivity index (χ0n) is 17.6. The molecule has 3 amide bonds. The van der Waals surface area contributed by atoms with E-state index in [1.807, 2.05) is 19.1 Å². The number of hydrogen-bond donors (Lipinski definition) is 3. The zero-order chi connectivity index (χ0) is 22.9. The number of aromatic nitrogens is 4. The van der Waals surface area contributed by atoms with Gasteiger partial charge in [0.1, 0.15) is 5.69 Å². The SMILES string of the molecule is Cc1ccc2c(NC(=O)N3c4nc(C(=O)NC5CC5(F)F)ccc4N4CC[C@H]3C4)n[nH]c2n1. The summed E-state index contributed by atoms with van der Waals surface area (Å²) < 4.78 is 26.4. The van der Waals surface area contributed by atoms with Gasteiger partial charge in [0.05, 0.1) is 23.2 Å². The van der Waals surface area contributed by atoms with Crippen LogP contribution in [0.5, 0.6) is 0 Å². The summed E-state index contributed by atoms with van der Waals surface area (Å²) in [6, 6.07) is 5.12. The van der Waals surface area contributed by atoms with Crippen molar-refractivity contribution in [1.82, 2.24) is 25.5 Å². The number of fused-ring (bicyclic) bond motifs is 5. The molecule has 170 valence electrons. The Balaban J connectivity index is 1.31. The molecule has 0 aromatic carbocycles. The Kier molecular flexibility index (Phi) is 4.10.